The number of imide groups is 1. The second-order valence-corrected chi connectivity index (χ2v) is 7.68. The molecule has 5 nitrogen and oxygen atoms in total. The highest BCUT2D eigenvalue weighted by Gasteiger charge is 2.43. The van der Waals surface area contributed by atoms with Crippen LogP contribution >= 0.6 is 23.6 Å². The summed E-state index contributed by atoms with van der Waals surface area (Å²) in [4.78, 5) is 40.4. The molecule has 0 aromatic heterocycles. The van der Waals surface area contributed by atoms with Crippen molar-refractivity contribution < 1.29 is 18.6 Å². The van der Waals surface area contributed by atoms with Crippen LogP contribution in [0.3, 0.4) is 0 Å². The largest absolute Gasteiger partial charge is 0.314 e. The molecule has 2 amide bonds. The van der Waals surface area contributed by atoms with Gasteiger partial charge in [-0.15, -0.1) is 0 Å². The van der Waals surface area contributed by atoms with E-state index in [-0.39, 0.29) is 16.9 Å². The van der Waals surface area contributed by atoms with Crippen LogP contribution in [0, 0.1) is 0 Å². The van der Waals surface area contributed by atoms with E-state index in [1.165, 1.54) is 19.0 Å². The summed E-state index contributed by atoms with van der Waals surface area (Å²) in [6.07, 6.45) is 1.64. The first-order chi connectivity index (χ1) is 13.4. The van der Waals surface area contributed by atoms with E-state index in [1.54, 1.807) is 55.7 Å². The highest BCUT2D eigenvalue weighted by Crippen LogP contribution is 2.42. The van der Waals surface area contributed by atoms with Crippen LogP contribution in [0.15, 0.2) is 58.5 Å². The highest BCUT2D eigenvalue weighted by atomic mass is 35.5. The monoisotopic (exact) mass is 411 g/mol. The Morgan fingerprint density at radius 3 is 2.46 bits per heavy atom. The summed E-state index contributed by atoms with van der Waals surface area (Å²) < 4.78 is 5.03. The number of carbonyl (C=O) groups is 3. The summed E-state index contributed by atoms with van der Waals surface area (Å²) in [5, 5.41) is 0.430. The molecule has 0 radical (unpaired) electrons. The van der Waals surface area contributed by atoms with Crippen LogP contribution in [0.5, 0.6) is 0 Å². The summed E-state index contributed by atoms with van der Waals surface area (Å²) >= 11 is 7.25. The van der Waals surface area contributed by atoms with E-state index in [2.05, 4.69) is 0 Å². The van der Waals surface area contributed by atoms with Crippen LogP contribution < -0.4 is 0 Å². The number of nitrogens with zero attached hydrogens (tertiary/aromatic N) is 1. The summed E-state index contributed by atoms with van der Waals surface area (Å²) in [5.74, 6) is -1.27. The maximum Gasteiger partial charge on any atom is 0.265 e. The predicted octanol–water partition coefficient (Wildman–Crippen LogP) is 4.37. The number of fused-ring (bicyclic) bond motifs is 2. The summed E-state index contributed by atoms with van der Waals surface area (Å²) in [7, 11) is 1.57. The lowest BCUT2D eigenvalue weighted by Crippen LogP contribution is -2.30. The van der Waals surface area contributed by atoms with E-state index in [0.29, 0.717) is 27.4 Å². The number of carbonyl (C=O) groups excluding carboxylic acids is 3. The standard InChI is InChI=1S/C21H14ClNO4S/c1-11(24)23-19(12-4-7-15(8-5-12)28-27-2)18-17(21(23)26)9-13-3-6-14(22)10-16(13)20(18)25/h3-10H,1-2H3. The van der Waals surface area contributed by atoms with Crippen molar-refractivity contribution in [2.24, 2.45) is 0 Å². The summed E-state index contributed by atoms with van der Waals surface area (Å²) in [5.41, 5.74) is 2.36. The topological polar surface area (TPSA) is 63.7 Å². The van der Waals surface area contributed by atoms with Crippen molar-refractivity contribution in [1.82, 2.24) is 4.90 Å². The van der Waals surface area contributed by atoms with Gasteiger partial charge in [0, 0.05) is 34.4 Å². The molecule has 28 heavy (non-hydrogen) atoms. The molecule has 0 saturated heterocycles. The molecule has 7 heteroatoms. The van der Waals surface area contributed by atoms with Gasteiger partial charge in [0.15, 0.2) is 5.78 Å². The molecule has 0 bridgehead atoms. The molecule has 1 aliphatic carbocycles. The lowest BCUT2D eigenvalue weighted by atomic mass is 9.86. The molecule has 4 rings (SSSR count). The van der Waals surface area contributed by atoms with Gasteiger partial charge in [0.25, 0.3) is 5.91 Å². The van der Waals surface area contributed by atoms with Gasteiger partial charge >= 0.3 is 0 Å². The van der Waals surface area contributed by atoms with Gasteiger partial charge in [0.1, 0.15) is 0 Å². The second kappa shape index (κ2) is 7.05. The minimum Gasteiger partial charge on any atom is -0.314 e. The quantitative estimate of drug-likeness (QED) is 0.701. The molecule has 0 saturated carbocycles. The second-order valence-electron chi connectivity index (χ2n) is 6.28. The van der Waals surface area contributed by atoms with Crippen LogP contribution in [0.2, 0.25) is 5.02 Å². The smallest absolute Gasteiger partial charge is 0.265 e. The number of hydrogen-bond acceptors (Lipinski definition) is 5. The number of amides is 2. The van der Waals surface area contributed by atoms with Gasteiger partial charge in [-0.25, -0.2) is 4.90 Å². The Balaban J connectivity index is 1.94. The summed E-state index contributed by atoms with van der Waals surface area (Å²) in [6.45, 7) is 1.31. The number of ketones is 1. The fourth-order valence-electron chi connectivity index (χ4n) is 3.41. The third kappa shape index (κ3) is 2.90. The zero-order valence-corrected chi connectivity index (χ0v) is 16.6. The van der Waals surface area contributed by atoms with E-state index in [4.69, 9.17) is 15.8 Å². The fourth-order valence-corrected chi connectivity index (χ4v) is 4.02. The van der Waals surface area contributed by atoms with Crippen LogP contribution in [-0.4, -0.2) is 29.6 Å². The van der Waals surface area contributed by atoms with Crippen molar-refractivity contribution >= 4 is 53.0 Å². The van der Waals surface area contributed by atoms with Crippen LogP contribution in [0.1, 0.15) is 28.4 Å². The molecule has 2 aliphatic rings. The molecular weight excluding hydrogens is 398 g/mol. The lowest BCUT2D eigenvalue weighted by Gasteiger charge is -2.17. The van der Waals surface area contributed by atoms with Crippen molar-refractivity contribution in [2.75, 3.05) is 7.11 Å². The van der Waals surface area contributed by atoms with Crippen molar-refractivity contribution in [3.8, 4) is 0 Å². The molecular formula is C21H14ClNO4S. The Kier molecular flexibility index (Phi) is 4.71. The van der Waals surface area contributed by atoms with E-state index >= 15 is 0 Å². The Hall–Kier alpha value is -2.67. The minimum absolute atomic E-state index is 0.223. The van der Waals surface area contributed by atoms with E-state index < -0.39 is 11.8 Å². The lowest BCUT2D eigenvalue weighted by molar-refractivity contribution is -0.136. The van der Waals surface area contributed by atoms with Gasteiger partial charge in [0.2, 0.25) is 5.91 Å². The third-order valence-electron chi connectivity index (χ3n) is 4.57. The number of rotatable bonds is 3. The van der Waals surface area contributed by atoms with Gasteiger partial charge in [-0.2, -0.15) is 0 Å². The van der Waals surface area contributed by atoms with Gasteiger partial charge in [-0.3, -0.25) is 14.4 Å². The third-order valence-corrected chi connectivity index (χ3v) is 5.44. The van der Waals surface area contributed by atoms with Gasteiger partial charge in [-0.05, 0) is 41.5 Å². The van der Waals surface area contributed by atoms with Crippen LogP contribution in [0.4, 0.5) is 0 Å². The molecule has 0 unspecified atom stereocenters. The van der Waals surface area contributed by atoms with Crippen molar-refractivity contribution in [3.63, 3.8) is 0 Å². The fraction of sp³-hybridized carbons (Fsp3) is 0.0952. The molecule has 0 N–H and O–H groups in total. The molecule has 0 atom stereocenters. The van der Waals surface area contributed by atoms with E-state index in [0.717, 1.165) is 9.80 Å². The Bertz CT molecular complexity index is 1100. The predicted molar refractivity (Wildman–Crippen MR) is 108 cm³/mol. The normalized spacial score (nSPS) is 15.5. The molecule has 140 valence electrons. The Morgan fingerprint density at radius 2 is 1.82 bits per heavy atom. The minimum atomic E-state index is -0.498. The molecule has 1 heterocycles. The van der Waals surface area contributed by atoms with Crippen LogP contribution in [-0.2, 0) is 13.8 Å². The molecule has 2 aromatic carbocycles. The Morgan fingerprint density at radius 1 is 1.11 bits per heavy atom. The van der Waals surface area contributed by atoms with E-state index in [9.17, 15) is 14.4 Å². The zero-order valence-electron chi connectivity index (χ0n) is 15.0. The summed E-state index contributed by atoms with van der Waals surface area (Å²) in [6, 6.07) is 12.1. The molecule has 1 aliphatic heterocycles. The van der Waals surface area contributed by atoms with Crippen molar-refractivity contribution in [2.45, 2.75) is 11.8 Å². The molecule has 0 spiro atoms. The number of benzene rings is 2. The molecule has 2 aromatic rings. The zero-order chi connectivity index (χ0) is 20.0. The maximum absolute atomic E-state index is 13.2. The van der Waals surface area contributed by atoms with Crippen molar-refractivity contribution in [3.05, 3.63) is 75.3 Å². The van der Waals surface area contributed by atoms with E-state index in [1.807, 2.05) is 0 Å². The highest BCUT2D eigenvalue weighted by molar-refractivity contribution is 7.94. The number of hydrogen-bond donors (Lipinski definition) is 0. The first-order valence-electron chi connectivity index (χ1n) is 8.39. The van der Waals surface area contributed by atoms with Crippen LogP contribution in [0.25, 0.3) is 11.8 Å². The Labute approximate surface area is 170 Å². The SMILES string of the molecule is COSc1ccc(C2=C3C(=O)c4cc(Cl)ccc4C=C3C(=O)N2C(C)=O)cc1. The first-order valence-corrected chi connectivity index (χ1v) is 9.51. The number of Topliss-reactive ketones (excluding diaryl/α,β-unsaturated/α-hetero) is 1. The molecule has 0 fully saturated rings. The maximum atomic E-state index is 13.2. The average molecular weight is 412 g/mol. The number of halogens is 1. The van der Waals surface area contributed by atoms with Gasteiger partial charge in [0.05, 0.1) is 24.0 Å². The van der Waals surface area contributed by atoms with Gasteiger partial charge < -0.3 is 4.18 Å². The van der Waals surface area contributed by atoms with Crippen molar-refractivity contribution in [1.29, 1.82) is 0 Å². The first kappa shape index (κ1) is 18.7. The average Bonchev–Trinajstić information content (AvgIpc) is 2.96. The van der Waals surface area contributed by atoms with Gasteiger partial charge in [-0.1, -0.05) is 29.8 Å².